The van der Waals surface area contributed by atoms with Crippen molar-refractivity contribution in [3.63, 3.8) is 0 Å². The zero-order chi connectivity index (χ0) is 8.48. The molecule has 0 nitrogen and oxygen atoms in total. The molecule has 0 amide bonds. The Labute approximate surface area is 74.7 Å². The molecule has 0 aromatic rings. The van der Waals surface area contributed by atoms with Gasteiger partial charge in [0.25, 0.3) is 0 Å². The monoisotopic (exact) mass is 206 g/mol. The third-order valence-electron chi connectivity index (χ3n) is 2.28. The number of alkyl halides is 4. The Bertz CT molecular complexity index is 134. The van der Waals surface area contributed by atoms with Gasteiger partial charge in [-0.25, -0.2) is 0 Å². The van der Waals surface area contributed by atoms with Gasteiger partial charge in [0.15, 0.2) is 0 Å². The summed E-state index contributed by atoms with van der Waals surface area (Å²) in [6.07, 6.45) is -3.18. The van der Waals surface area contributed by atoms with Gasteiger partial charge in [0.1, 0.15) is 0 Å². The van der Waals surface area contributed by atoms with Crippen molar-refractivity contribution in [3.8, 4) is 0 Å². The van der Waals surface area contributed by atoms with E-state index in [0.717, 1.165) is 0 Å². The van der Waals surface area contributed by atoms with E-state index < -0.39 is 24.7 Å². The van der Waals surface area contributed by atoms with E-state index in [1.807, 2.05) is 0 Å². The van der Waals surface area contributed by atoms with E-state index in [1.54, 1.807) is 0 Å². The van der Waals surface area contributed by atoms with Crippen molar-refractivity contribution in [2.45, 2.75) is 25.4 Å². The first kappa shape index (κ1) is 12.0. The Morgan fingerprint density at radius 2 is 1.75 bits per heavy atom. The maximum atomic E-state index is 12.0. The normalized spacial score (nSPS) is 30.0. The minimum Gasteiger partial charge on any atom is -0.251 e. The largest absolute Gasteiger partial charge is 0.392 e. The van der Waals surface area contributed by atoms with Crippen molar-refractivity contribution in [2.24, 2.45) is 11.8 Å². The number of hydrogen-bond acceptors (Lipinski definition) is 0. The van der Waals surface area contributed by atoms with Crippen molar-refractivity contribution in [2.75, 3.05) is 6.67 Å². The smallest absolute Gasteiger partial charge is 0.251 e. The summed E-state index contributed by atoms with van der Waals surface area (Å²) in [5.74, 6) is -2.15. The fourth-order valence-corrected chi connectivity index (χ4v) is 1.65. The van der Waals surface area contributed by atoms with Gasteiger partial charge in [-0.1, -0.05) is 6.42 Å². The van der Waals surface area contributed by atoms with Crippen LogP contribution in [-0.4, -0.2) is 12.9 Å². The predicted molar refractivity (Wildman–Crippen MR) is 40.1 cm³/mol. The molecule has 2 atom stereocenters. The minimum atomic E-state index is -4.19. The van der Waals surface area contributed by atoms with Crippen molar-refractivity contribution in [1.29, 1.82) is 0 Å². The molecule has 1 aliphatic rings. The summed E-state index contributed by atoms with van der Waals surface area (Å²) in [6, 6.07) is 0. The summed E-state index contributed by atoms with van der Waals surface area (Å²) in [6.45, 7) is -0.829. The zero-order valence-electron chi connectivity index (χ0n) is 6.40. The molecule has 74 valence electrons. The molecule has 1 fully saturated rings. The standard InChI is InChI=1S/C7H10F4.ClH/c8-4-5-2-1-3-6(5)7(9,10)11;/h5-6H,1-4H2;1H. The van der Waals surface area contributed by atoms with E-state index in [2.05, 4.69) is 0 Å². The van der Waals surface area contributed by atoms with Crippen LogP contribution in [0.1, 0.15) is 19.3 Å². The van der Waals surface area contributed by atoms with Gasteiger partial charge in [0.05, 0.1) is 12.6 Å². The van der Waals surface area contributed by atoms with Crippen molar-refractivity contribution in [1.82, 2.24) is 0 Å². The van der Waals surface area contributed by atoms with Crippen LogP contribution in [0.25, 0.3) is 0 Å². The van der Waals surface area contributed by atoms with E-state index in [9.17, 15) is 17.6 Å². The van der Waals surface area contributed by atoms with Crippen LogP contribution in [0.2, 0.25) is 0 Å². The zero-order valence-corrected chi connectivity index (χ0v) is 7.22. The summed E-state index contributed by atoms with van der Waals surface area (Å²) >= 11 is 0. The molecule has 0 heterocycles. The number of halogens is 5. The minimum absolute atomic E-state index is 0. The van der Waals surface area contributed by atoms with Crippen LogP contribution in [0.3, 0.4) is 0 Å². The molecular formula is C7H11ClF4. The van der Waals surface area contributed by atoms with Gasteiger partial charge < -0.3 is 0 Å². The fraction of sp³-hybridized carbons (Fsp3) is 1.00. The molecule has 0 saturated heterocycles. The van der Waals surface area contributed by atoms with Gasteiger partial charge in [-0.15, -0.1) is 12.4 Å². The van der Waals surface area contributed by atoms with Crippen LogP contribution < -0.4 is 0 Å². The van der Waals surface area contributed by atoms with E-state index in [1.165, 1.54) is 0 Å². The quantitative estimate of drug-likeness (QED) is 0.577. The molecule has 1 saturated carbocycles. The van der Waals surface area contributed by atoms with Gasteiger partial charge in [-0.05, 0) is 18.8 Å². The molecule has 5 heteroatoms. The molecule has 1 rings (SSSR count). The first-order valence-electron chi connectivity index (χ1n) is 3.68. The van der Waals surface area contributed by atoms with Crippen LogP contribution >= 0.6 is 12.4 Å². The lowest BCUT2D eigenvalue weighted by Gasteiger charge is -2.19. The highest BCUT2D eigenvalue weighted by atomic mass is 35.5. The number of hydrogen-bond donors (Lipinski definition) is 0. The molecule has 0 aromatic carbocycles. The summed E-state index contributed by atoms with van der Waals surface area (Å²) in [5, 5.41) is 0. The Morgan fingerprint density at radius 3 is 2.08 bits per heavy atom. The lowest BCUT2D eigenvalue weighted by Crippen LogP contribution is -2.27. The first-order valence-corrected chi connectivity index (χ1v) is 3.68. The lowest BCUT2D eigenvalue weighted by molar-refractivity contribution is -0.184. The molecule has 0 bridgehead atoms. The maximum absolute atomic E-state index is 12.0. The SMILES string of the molecule is Cl.FCC1CCCC1C(F)(F)F. The molecule has 2 unspecified atom stereocenters. The Balaban J connectivity index is 0.00000121. The first-order chi connectivity index (χ1) is 5.05. The van der Waals surface area contributed by atoms with Crippen LogP contribution in [0.15, 0.2) is 0 Å². The third kappa shape index (κ3) is 2.51. The second kappa shape index (κ2) is 4.30. The van der Waals surface area contributed by atoms with Gasteiger partial charge in [-0.2, -0.15) is 13.2 Å². The van der Waals surface area contributed by atoms with Crippen molar-refractivity contribution >= 4 is 12.4 Å². The molecule has 12 heavy (non-hydrogen) atoms. The van der Waals surface area contributed by atoms with Gasteiger partial charge in [-0.3, -0.25) is 4.39 Å². The molecule has 0 aliphatic heterocycles. The fourth-order valence-electron chi connectivity index (χ4n) is 1.65. The molecular weight excluding hydrogens is 196 g/mol. The highest BCUT2D eigenvalue weighted by Crippen LogP contribution is 2.42. The van der Waals surface area contributed by atoms with Crippen LogP contribution in [0.5, 0.6) is 0 Å². The van der Waals surface area contributed by atoms with Crippen LogP contribution in [-0.2, 0) is 0 Å². The van der Waals surface area contributed by atoms with E-state index in [4.69, 9.17) is 0 Å². The molecule has 0 spiro atoms. The Kier molecular flexibility index (Phi) is 4.31. The van der Waals surface area contributed by atoms with E-state index >= 15 is 0 Å². The number of rotatable bonds is 1. The lowest BCUT2D eigenvalue weighted by atomic mass is 9.97. The van der Waals surface area contributed by atoms with Gasteiger partial charge >= 0.3 is 6.18 Å². The average molecular weight is 207 g/mol. The summed E-state index contributed by atoms with van der Waals surface area (Å²) in [7, 11) is 0. The van der Waals surface area contributed by atoms with Crippen molar-refractivity contribution < 1.29 is 17.6 Å². The highest BCUT2D eigenvalue weighted by Gasteiger charge is 2.46. The van der Waals surface area contributed by atoms with E-state index in [0.29, 0.717) is 12.8 Å². The summed E-state index contributed by atoms with van der Waals surface area (Å²) < 4.78 is 48.1. The highest BCUT2D eigenvalue weighted by molar-refractivity contribution is 5.85. The molecule has 0 N–H and O–H groups in total. The van der Waals surface area contributed by atoms with Gasteiger partial charge in [0, 0.05) is 0 Å². The van der Waals surface area contributed by atoms with Crippen LogP contribution in [0.4, 0.5) is 17.6 Å². The average Bonchev–Trinajstić information content (AvgIpc) is 2.31. The van der Waals surface area contributed by atoms with E-state index in [-0.39, 0.29) is 18.8 Å². The maximum Gasteiger partial charge on any atom is 0.392 e. The second-order valence-corrected chi connectivity index (χ2v) is 2.99. The summed E-state index contributed by atoms with van der Waals surface area (Å²) in [5.41, 5.74) is 0. The summed E-state index contributed by atoms with van der Waals surface area (Å²) in [4.78, 5) is 0. The van der Waals surface area contributed by atoms with Crippen molar-refractivity contribution in [3.05, 3.63) is 0 Å². The molecule has 0 aromatic heterocycles. The predicted octanol–water partition coefficient (Wildman–Crippen LogP) is 3.36. The third-order valence-corrected chi connectivity index (χ3v) is 2.28. The molecule has 1 aliphatic carbocycles. The second-order valence-electron chi connectivity index (χ2n) is 2.99. The Morgan fingerprint density at radius 1 is 1.17 bits per heavy atom. The topological polar surface area (TPSA) is 0 Å². The van der Waals surface area contributed by atoms with Crippen LogP contribution in [0, 0.1) is 11.8 Å². The van der Waals surface area contributed by atoms with Gasteiger partial charge in [0.2, 0.25) is 0 Å². The Hall–Kier alpha value is 0.01000. The molecule has 0 radical (unpaired) electrons.